The van der Waals surface area contributed by atoms with Crippen LogP contribution in [0.5, 0.6) is 0 Å². The highest BCUT2D eigenvalue weighted by Gasteiger charge is 2.75. The summed E-state index contributed by atoms with van der Waals surface area (Å²) in [5.74, 6) is 0. The minimum atomic E-state index is -3.51. The predicted molar refractivity (Wildman–Crippen MR) is 76.9 cm³/mol. The second-order valence-electron chi connectivity index (χ2n) is 6.51. The van der Waals surface area contributed by atoms with Crippen LogP contribution in [0.1, 0.15) is 38.7 Å². The van der Waals surface area contributed by atoms with E-state index in [1.807, 2.05) is 19.1 Å². The monoisotopic (exact) mass is 295 g/mol. The van der Waals surface area contributed by atoms with Crippen LogP contribution in [0.2, 0.25) is 0 Å². The number of fused-ring (bicyclic) bond motifs is 1. The Balaban J connectivity index is 2.00. The van der Waals surface area contributed by atoms with Crippen LogP contribution in [0.15, 0.2) is 29.2 Å². The lowest BCUT2D eigenvalue weighted by Gasteiger charge is -2.29. The average Bonchev–Trinajstić information content (AvgIpc) is 2.83. The third-order valence-electron chi connectivity index (χ3n) is 4.83. The summed E-state index contributed by atoms with van der Waals surface area (Å²) in [6, 6.07) is 6.87. The SMILES string of the molecule is Cc1ccc(S(=O)(=O)N2[C@H]3CCC[C@]32C(C)(C)O)cc1. The first-order valence-electron chi connectivity index (χ1n) is 7.05. The quantitative estimate of drug-likeness (QED) is 0.868. The van der Waals surface area contributed by atoms with E-state index in [4.69, 9.17) is 0 Å². The van der Waals surface area contributed by atoms with Gasteiger partial charge in [-0.2, -0.15) is 4.31 Å². The van der Waals surface area contributed by atoms with Crippen molar-refractivity contribution in [3.63, 3.8) is 0 Å². The molecule has 0 aromatic heterocycles. The van der Waals surface area contributed by atoms with Crippen molar-refractivity contribution in [3.8, 4) is 0 Å². The Morgan fingerprint density at radius 2 is 1.90 bits per heavy atom. The lowest BCUT2D eigenvalue weighted by molar-refractivity contribution is 0.0254. The molecule has 0 radical (unpaired) electrons. The molecular weight excluding hydrogens is 274 g/mol. The fourth-order valence-corrected chi connectivity index (χ4v) is 5.89. The maximum Gasteiger partial charge on any atom is 0.244 e. The molecule has 1 N–H and O–H groups in total. The van der Waals surface area contributed by atoms with Crippen molar-refractivity contribution in [2.75, 3.05) is 0 Å². The van der Waals surface area contributed by atoms with Gasteiger partial charge in [0.2, 0.25) is 10.0 Å². The molecule has 3 rings (SSSR count). The van der Waals surface area contributed by atoms with E-state index in [-0.39, 0.29) is 6.04 Å². The van der Waals surface area contributed by atoms with Gasteiger partial charge in [-0.3, -0.25) is 0 Å². The van der Waals surface area contributed by atoms with Crippen LogP contribution >= 0.6 is 0 Å². The molecule has 3 atom stereocenters. The molecule has 1 saturated carbocycles. The van der Waals surface area contributed by atoms with E-state index in [0.717, 1.165) is 24.8 Å². The molecule has 2 aliphatic rings. The van der Waals surface area contributed by atoms with E-state index >= 15 is 0 Å². The summed E-state index contributed by atoms with van der Waals surface area (Å²) in [5, 5.41) is 10.4. The van der Waals surface area contributed by atoms with Crippen molar-refractivity contribution >= 4 is 10.0 Å². The van der Waals surface area contributed by atoms with Crippen molar-refractivity contribution in [1.29, 1.82) is 0 Å². The van der Waals surface area contributed by atoms with Gasteiger partial charge in [0.1, 0.15) is 0 Å². The maximum absolute atomic E-state index is 12.8. The fourth-order valence-electron chi connectivity index (χ4n) is 3.75. The van der Waals surface area contributed by atoms with E-state index in [1.54, 1.807) is 26.0 Å². The number of aliphatic hydroxyl groups is 1. The van der Waals surface area contributed by atoms with Crippen LogP contribution in [0.4, 0.5) is 0 Å². The molecule has 1 aliphatic carbocycles. The molecule has 4 nitrogen and oxygen atoms in total. The third kappa shape index (κ3) is 1.70. The topological polar surface area (TPSA) is 57.4 Å². The number of rotatable bonds is 3. The minimum absolute atomic E-state index is 0.0474. The number of hydrogen-bond donors (Lipinski definition) is 1. The van der Waals surface area contributed by atoms with Gasteiger partial charge in [0.25, 0.3) is 0 Å². The van der Waals surface area contributed by atoms with Gasteiger partial charge in [-0.1, -0.05) is 17.7 Å². The zero-order valence-electron chi connectivity index (χ0n) is 12.1. The molecule has 1 aromatic carbocycles. The van der Waals surface area contributed by atoms with E-state index in [9.17, 15) is 13.5 Å². The Hall–Kier alpha value is -0.910. The number of sulfonamides is 1. The zero-order valence-corrected chi connectivity index (χ0v) is 12.9. The van der Waals surface area contributed by atoms with E-state index in [2.05, 4.69) is 0 Å². The van der Waals surface area contributed by atoms with Crippen molar-refractivity contribution in [2.24, 2.45) is 0 Å². The molecule has 1 unspecified atom stereocenters. The second kappa shape index (κ2) is 4.06. The molecule has 0 spiro atoms. The second-order valence-corrected chi connectivity index (χ2v) is 8.32. The Morgan fingerprint density at radius 1 is 1.30 bits per heavy atom. The standard InChI is InChI=1S/C15H21NO3S/c1-11-6-8-12(9-7-11)20(18,19)16-13-5-4-10-15(13,16)14(2,3)17/h6-9,13,17H,4-5,10H2,1-3H3/t13-,15+,16?/m0/s1. The molecule has 5 heteroatoms. The number of nitrogens with zero attached hydrogens (tertiary/aromatic N) is 1. The summed E-state index contributed by atoms with van der Waals surface area (Å²) >= 11 is 0. The van der Waals surface area contributed by atoms with Crippen LogP contribution in [0, 0.1) is 6.92 Å². The van der Waals surface area contributed by atoms with Gasteiger partial charge in [-0.15, -0.1) is 0 Å². The highest BCUT2D eigenvalue weighted by atomic mass is 32.2. The van der Waals surface area contributed by atoms with Gasteiger partial charge in [-0.25, -0.2) is 8.42 Å². The van der Waals surface area contributed by atoms with E-state index in [1.165, 1.54) is 4.31 Å². The van der Waals surface area contributed by atoms with E-state index in [0.29, 0.717) is 4.90 Å². The van der Waals surface area contributed by atoms with Gasteiger partial charge >= 0.3 is 0 Å². The Labute approximate surface area is 120 Å². The van der Waals surface area contributed by atoms with Crippen LogP contribution in [-0.4, -0.2) is 35.0 Å². The van der Waals surface area contributed by atoms with Crippen molar-refractivity contribution < 1.29 is 13.5 Å². The number of piperidine rings is 1. The average molecular weight is 295 g/mol. The summed E-state index contributed by atoms with van der Waals surface area (Å²) in [6.07, 6.45) is 2.57. The molecule has 2 fully saturated rings. The Kier molecular flexibility index (Phi) is 2.85. The van der Waals surface area contributed by atoms with Gasteiger partial charge in [-0.05, 0) is 52.2 Å². The minimum Gasteiger partial charge on any atom is -0.388 e. The molecule has 1 aliphatic heterocycles. The molecule has 1 heterocycles. The van der Waals surface area contributed by atoms with Crippen LogP contribution in [0.3, 0.4) is 0 Å². The zero-order chi connectivity index (χ0) is 14.8. The first kappa shape index (κ1) is 14.0. The largest absolute Gasteiger partial charge is 0.388 e. The Morgan fingerprint density at radius 3 is 2.40 bits per heavy atom. The summed E-state index contributed by atoms with van der Waals surface area (Å²) in [6.45, 7) is 5.37. The maximum atomic E-state index is 12.8. The van der Waals surface area contributed by atoms with Crippen molar-refractivity contribution in [3.05, 3.63) is 29.8 Å². The van der Waals surface area contributed by atoms with Crippen LogP contribution in [-0.2, 0) is 10.0 Å². The van der Waals surface area contributed by atoms with E-state index < -0.39 is 21.2 Å². The number of aryl methyl sites for hydroxylation is 1. The molecular formula is C15H21NO3S. The molecule has 1 aromatic rings. The number of benzene rings is 1. The Bertz CT molecular complexity index is 630. The molecule has 0 amide bonds. The first-order chi connectivity index (χ1) is 9.21. The summed E-state index contributed by atoms with van der Waals surface area (Å²) in [5.41, 5.74) is -0.574. The molecule has 0 bridgehead atoms. The third-order valence-corrected chi connectivity index (χ3v) is 6.80. The summed E-state index contributed by atoms with van der Waals surface area (Å²) < 4.78 is 27.1. The van der Waals surface area contributed by atoms with Crippen molar-refractivity contribution in [2.45, 2.75) is 62.1 Å². The van der Waals surface area contributed by atoms with Gasteiger partial charge in [0.15, 0.2) is 0 Å². The number of hydrogen-bond acceptors (Lipinski definition) is 3. The predicted octanol–water partition coefficient (Wildman–Crippen LogP) is 2.06. The first-order valence-corrected chi connectivity index (χ1v) is 8.49. The fraction of sp³-hybridized carbons (Fsp3) is 0.600. The van der Waals surface area contributed by atoms with Gasteiger partial charge in [0, 0.05) is 6.04 Å². The molecule has 110 valence electrons. The van der Waals surface area contributed by atoms with Crippen molar-refractivity contribution in [1.82, 2.24) is 4.31 Å². The highest BCUT2D eigenvalue weighted by Crippen LogP contribution is 2.61. The smallest absolute Gasteiger partial charge is 0.244 e. The summed E-state index contributed by atoms with van der Waals surface area (Å²) in [4.78, 5) is 0.320. The molecule has 20 heavy (non-hydrogen) atoms. The van der Waals surface area contributed by atoms with Crippen LogP contribution < -0.4 is 0 Å². The lowest BCUT2D eigenvalue weighted by atomic mass is 9.88. The van der Waals surface area contributed by atoms with Crippen LogP contribution in [0.25, 0.3) is 0 Å². The summed E-state index contributed by atoms with van der Waals surface area (Å²) in [7, 11) is -3.51. The van der Waals surface area contributed by atoms with Gasteiger partial charge in [0.05, 0.1) is 16.0 Å². The highest BCUT2D eigenvalue weighted by molar-refractivity contribution is 7.89. The van der Waals surface area contributed by atoms with Gasteiger partial charge < -0.3 is 5.11 Å². The normalized spacial score (nSPS) is 33.0. The molecule has 1 saturated heterocycles. The lowest BCUT2D eigenvalue weighted by Crippen LogP contribution is -2.43.